The molecule has 4 rings (SSSR count). The summed E-state index contributed by atoms with van der Waals surface area (Å²) in [4.78, 5) is 0. The Labute approximate surface area is 133 Å². The zero-order valence-corrected chi connectivity index (χ0v) is 13.4. The normalized spacial score (nSPS) is 31.5. The number of nitriles is 1. The number of rotatable bonds is 1. The minimum absolute atomic E-state index is 0.0806. The Hall–Kier alpha value is -1.38. The predicted octanol–water partition coefficient (Wildman–Crippen LogP) is 3.70. The summed E-state index contributed by atoms with van der Waals surface area (Å²) < 4.78 is 1.07. The van der Waals surface area contributed by atoms with E-state index in [2.05, 4.69) is 39.1 Å². The predicted molar refractivity (Wildman–Crippen MR) is 85.7 cm³/mol. The lowest BCUT2D eigenvalue weighted by molar-refractivity contribution is 0.170. The summed E-state index contributed by atoms with van der Waals surface area (Å²) in [5.74, 6) is 0.0806. The minimum atomic E-state index is -0.125. The maximum atomic E-state index is 9.58. The first-order chi connectivity index (χ1) is 10.3. The van der Waals surface area contributed by atoms with Gasteiger partial charge in [0, 0.05) is 11.0 Å². The zero-order valence-electron chi connectivity index (χ0n) is 11.8. The number of anilines is 1. The standard InChI is InChI=1S/C16H17BrN4/c17-13-4-6-14(7-5-13)21-19-15-3-1-2-9-16(15)12(11-18)8-10-20(16)21/h4-7,12H,1-3,8-10H2/t12-,16-/m1/s1. The minimum Gasteiger partial charge on any atom is -0.198 e. The van der Waals surface area contributed by atoms with Crippen LogP contribution in [0.3, 0.4) is 0 Å². The summed E-state index contributed by atoms with van der Waals surface area (Å²) in [6.07, 6.45) is 5.43. The summed E-state index contributed by atoms with van der Waals surface area (Å²) in [5.41, 5.74) is 2.18. The van der Waals surface area contributed by atoms with Crippen molar-refractivity contribution in [2.75, 3.05) is 11.7 Å². The van der Waals surface area contributed by atoms with E-state index in [1.54, 1.807) is 0 Å². The van der Waals surface area contributed by atoms with Gasteiger partial charge in [0.05, 0.1) is 28.9 Å². The van der Waals surface area contributed by atoms with E-state index in [1.165, 1.54) is 18.6 Å². The highest BCUT2D eigenvalue weighted by Crippen LogP contribution is 2.49. The van der Waals surface area contributed by atoms with E-state index >= 15 is 0 Å². The number of hydrogen-bond donors (Lipinski definition) is 0. The SMILES string of the molecule is N#C[C@H]1CCN2N(c3ccc(Br)cc3)N=C3CCCC[C@]312. The topological polar surface area (TPSA) is 42.6 Å². The van der Waals surface area contributed by atoms with Gasteiger partial charge in [-0.2, -0.15) is 20.5 Å². The summed E-state index contributed by atoms with van der Waals surface area (Å²) in [7, 11) is 0. The van der Waals surface area contributed by atoms with Crippen LogP contribution in [0.15, 0.2) is 33.8 Å². The summed E-state index contributed by atoms with van der Waals surface area (Å²) >= 11 is 3.48. The molecule has 1 saturated heterocycles. The van der Waals surface area contributed by atoms with Crippen LogP contribution >= 0.6 is 15.9 Å². The van der Waals surface area contributed by atoms with E-state index in [0.717, 1.165) is 36.0 Å². The Kier molecular flexibility index (Phi) is 3.05. The number of hydrazone groups is 1. The molecule has 2 heterocycles. The molecule has 0 radical (unpaired) electrons. The van der Waals surface area contributed by atoms with Crippen molar-refractivity contribution in [1.82, 2.24) is 5.01 Å². The maximum absolute atomic E-state index is 9.58. The van der Waals surface area contributed by atoms with Gasteiger partial charge in [-0.25, -0.2) is 0 Å². The second kappa shape index (κ2) is 4.82. The smallest absolute Gasteiger partial charge is 0.0979 e. The number of nitrogens with zero attached hydrogens (tertiary/aromatic N) is 4. The van der Waals surface area contributed by atoms with Crippen LogP contribution in [0.1, 0.15) is 32.1 Å². The highest BCUT2D eigenvalue weighted by Gasteiger charge is 2.59. The number of hydrazine groups is 1. The lowest BCUT2D eigenvalue weighted by Gasteiger charge is -2.40. The van der Waals surface area contributed by atoms with Crippen molar-refractivity contribution < 1.29 is 0 Å². The molecule has 2 fully saturated rings. The molecule has 4 nitrogen and oxygen atoms in total. The van der Waals surface area contributed by atoms with Crippen LogP contribution in [-0.4, -0.2) is 22.8 Å². The molecule has 2 aliphatic heterocycles. The summed E-state index contributed by atoms with van der Waals surface area (Å²) in [6.45, 7) is 0.918. The first-order valence-electron chi connectivity index (χ1n) is 7.56. The van der Waals surface area contributed by atoms with Crippen molar-refractivity contribution in [2.45, 2.75) is 37.6 Å². The molecule has 108 valence electrons. The van der Waals surface area contributed by atoms with Crippen LogP contribution in [0.4, 0.5) is 5.69 Å². The fourth-order valence-corrected chi connectivity index (χ4v) is 4.35. The molecule has 1 aromatic carbocycles. The second-order valence-corrected chi connectivity index (χ2v) is 6.95. The molecular formula is C16H17BrN4. The van der Waals surface area contributed by atoms with Gasteiger partial charge in [0.1, 0.15) is 0 Å². The van der Waals surface area contributed by atoms with Gasteiger partial charge in [-0.1, -0.05) is 22.4 Å². The van der Waals surface area contributed by atoms with Crippen LogP contribution in [0.5, 0.6) is 0 Å². The Morgan fingerprint density at radius 3 is 2.86 bits per heavy atom. The number of benzene rings is 1. The maximum Gasteiger partial charge on any atom is 0.0979 e. The average molecular weight is 345 g/mol. The number of halogens is 1. The third-order valence-electron chi connectivity index (χ3n) is 5.05. The van der Waals surface area contributed by atoms with E-state index in [0.29, 0.717) is 0 Å². The van der Waals surface area contributed by atoms with E-state index in [9.17, 15) is 5.26 Å². The molecule has 5 heteroatoms. The Bertz CT molecular complexity index is 633. The van der Waals surface area contributed by atoms with Gasteiger partial charge >= 0.3 is 0 Å². The van der Waals surface area contributed by atoms with Crippen LogP contribution in [-0.2, 0) is 0 Å². The molecular weight excluding hydrogens is 328 g/mol. The largest absolute Gasteiger partial charge is 0.198 e. The van der Waals surface area contributed by atoms with E-state index in [1.807, 2.05) is 17.3 Å². The summed E-state index contributed by atoms with van der Waals surface area (Å²) in [5, 5.41) is 18.9. The van der Waals surface area contributed by atoms with Gasteiger partial charge < -0.3 is 0 Å². The quantitative estimate of drug-likeness (QED) is 0.779. The molecule has 0 amide bonds. The van der Waals surface area contributed by atoms with E-state index in [4.69, 9.17) is 5.10 Å². The van der Waals surface area contributed by atoms with Crippen molar-refractivity contribution in [1.29, 1.82) is 5.26 Å². The molecule has 0 bridgehead atoms. The second-order valence-electron chi connectivity index (χ2n) is 6.04. The molecule has 2 atom stereocenters. The summed E-state index contributed by atoms with van der Waals surface area (Å²) in [6, 6.07) is 10.8. The van der Waals surface area contributed by atoms with E-state index < -0.39 is 0 Å². The van der Waals surface area contributed by atoms with Crippen LogP contribution in [0, 0.1) is 17.2 Å². The molecule has 1 aliphatic carbocycles. The first-order valence-corrected chi connectivity index (χ1v) is 8.36. The monoisotopic (exact) mass is 344 g/mol. The Balaban J connectivity index is 1.77. The molecule has 1 aromatic rings. The number of hydrogen-bond acceptors (Lipinski definition) is 4. The lowest BCUT2D eigenvalue weighted by atomic mass is 9.73. The van der Waals surface area contributed by atoms with Crippen LogP contribution in [0.2, 0.25) is 0 Å². The van der Waals surface area contributed by atoms with Crippen molar-refractivity contribution in [3.63, 3.8) is 0 Å². The molecule has 0 N–H and O–H groups in total. The molecule has 1 saturated carbocycles. The molecule has 21 heavy (non-hydrogen) atoms. The Morgan fingerprint density at radius 1 is 1.29 bits per heavy atom. The van der Waals surface area contributed by atoms with Gasteiger partial charge in [-0.05, 0) is 49.9 Å². The fourth-order valence-electron chi connectivity index (χ4n) is 4.08. The van der Waals surface area contributed by atoms with Crippen molar-refractivity contribution >= 4 is 27.3 Å². The molecule has 0 aromatic heterocycles. The van der Waals surface area contributed by atoms with Gasteiger partial charge in [0.15, 0.2) is 0 Å². The van der Waals surface area contributed by atoms with Crippen LogP contribution in [0.25, 0.3) is 0 Å². The Morgan fingerprint density at radius 2 is 2.10 bits per heavy atom. The van der Waals surface area contributed by atoms with Crippen molar-refractivity contribution in [3.05, 3.63) is 28.7 Å². The van der Waals surface area contributed by atoms with Gasteiger partial charge in [-0.3, -0.25) is 0 Å². The van der Waals surface area contributed by atoms with Crippen molar-refractivity contribution in [2.24, 2.45) is 11.0 Å². The van der Waals surface area contributed by atoms with Crippen molar-refractivity contribution in [3.8, 4) is 6.07 Å². The van der Waals surface area contributed by atoms with Gasteiger partial charge in [0.2, 0.25) is 0 Å². The van der Waals surface area contributed by atoms with Crippen LogP contribution < -0.4 is 5.12 Å². The zero-order chi connectivity index (χ0) is 14.4. The average Bonchev–Trinajstić information content (AvgIpc) is 3.01. The third-order valence-corrected chi connectivity index (χ3v) is 5.57. The molecule has 1 spiro atoms. The molecule has 0 unspecified atom stereocenters. The highest BCUT2D eigenvalue weighted by molar-refractivity contribution is 9.10. The highest BCUT2D eigenvalue weighted by atomic mass is 79.9. The van der Waals surface area contributed by atoms with Gasteiger partial charge in [-0.15, -0.1) is 0 Å². The van der Waals surface area contributed by atoms with E-state index in [-0.39, 0.29) is 11.5 Å². The lowest BCUT2D eigenvalue weighted by Crippen LogP contribution is -2.54. The first kappa shape index (κ1) is 13.3. The fraction of sp³-hybridized carbons (Fsp3) is 0.500. The molecule has 3 aliphatic rings. The van der Waals surface area contributed by atoms with Gasteiger partial charge in [0.25, 0.3) is 0 Å². The third kappa shape index (κ3) is 1.79.